The van der Waals surface area contributed by atoms with Crippen LogP contribution >= 0.6 is 11.6 Å². The summed E-state index contributed by atoms with van der Waals surface area (Å²) in [6, 6.07) is 4.73. The fourth-order valence-corrected chi connectivity index (χ4v) is 4.74. The third-order valence-electron chi connectivity index (χ3n) is 4.32. The number of rotatable bonds is 5. The number of halogens is 1. The number of nitrogen functional groups attached to an aromatic ring is 1. The molecule has 112 valence electrons. The molecule has 1 fully saturated rings. The number of hydrogen-bond donors (Lipinski definition) is 2. The second-order valence-corrected chi connectivity index (χ2v) is 7.65. The summed E-state index contributed by atoms with van der Waals surface area (Å²) in [6.07, 6.45) is 5.47. The van der Waals surface area contributed by atoms with Gasteiger partial charge in [0.1, 0.15) is 4.90 Å². The van der Waals surface area contributed by atoms with Crippen LogP contribution in [0.15, 0.2) is 23.1 Å². The van der Waals surface area contributed by atoms with E-state index in [0.29, 0.717) is 6.54 Å². The zero-order valence-corrected chi connectivity index (χ0v) is 13.2. The molecule has 1 aliphatic carbocycles. The van der Waals surface area contributed by atoms with E-state index in [1.807, 2.05) is 0 Å². The fourth-order valence-electron chi connectivity index (χ4n) is 2.91. The van der Waals surface area contributed by atoms with Crippen molar-refractivity contribution in [3.63, 3.8) is 0 Å². The highest BCUT2D eigenvalue weighted by molar-refractivity contribution is 7.89. The minimum Gasteiger partial charge on any atom is -0.398 e. The van der Waals surface area contributed by atoms with Crippen LogP contribution in [0.4, 0.5) is 5.69 Å². The molecular formula is C14H21ClN2O2S. The van der Waals surface area contributed by atoms with Crippen molar-refractivity contribution in [1.29, 1.82) is 0 Å². The van der Waals surface area contributed by atoms with Crippen LogP contribution in [-0.2, 0) is 10.0 Å². The van der Waals surface area contributed by atoms with Gasteiger partial charge in [-0.05, 0) is 36.8 Å². The molecule has 0 aliphatic heterocycles. The van der Waals surface area contributed by atoms with Crippen molar-refractivity contribution in [2.45, 2.75) is 43.9 Å². The van der Waals surface area contributed by atoms with Crippen molar-refractivity contribution < 1.29 is 8.42 Å². The lowest BCUT2D eigenvalue weighted by Crippen LogP contribution is -2.36. The number of sulfonamides is 1. The van der Waals surface area contributed by atoms with E-state index in [2.05, 4.69) is 11.6 Å². The Hall–Kier alpha value is -0.780. The number of anilines is 1. The average Bonchev–Trinajstić information content (AvgIpc) is 2.85. The first kappa shape index (κ1) is 15.6. The molecule has 0 aromatic heterocycles. The van der Waals surface area contributed by atoms with Gasteiger partial charge < -0.3 is 5.73 Å². The lowest BCUT2D eigenvalue weighted by molar-refractivity contribution is 0.285. The quantitative estimate of drug-likeness (QED) is 0.819. The molecule has 2 rings (SSSR count). The third kappa shape index (κ3) is 3.10. The minimum absolute atomic E-state index is 0.00841. The summed E-state index contributed by atoms with van der Waals surface area (Å²) >= 11 is 5.98. The third-order valence-corrected chi connectivity index (χ3v) is 6.26. The topological polar surface area (TPSA) is 72.2 Å². The SMILES string of the molecule is CCC1(CNS(=O)(=O)c2c(N)cccc2Cl)CCCC1. The predicted molar refractivity (Wildman–Crippen MR) is 82.2 cm³/mol. The van der Waals surface area contributed by atoms with Gasteiger partial charge in [-0.1, -0.05) is 37.4 Å². The maximum Gasteiger partial charge on any atom is 0.244 e. The molecule has 1 aliphatic rings. The lowest BCUT2D eigenvalue weighted by Gasteiger charge is -2.27. The molecule has 0 heterocycles. The number of benzene rings is 1. The molecule has 6 heteroatoms. The van der Waals surface area contributed by atoms with E-state index in [1.54, 1.807) is 12.1 Å². The van der Waals surface area contributed by atoms with E-state index in [0.717, 1.165) is 19.3 Å². The molecule has 20 heavy (non-hydrogen) atoms. The molecule has 1 aromatic rings. The maximum absolute atomic E-state index is 12.4. The van der Waals surface area contributed by atoms with E-state index in [9.17, 15) is 8.42 Å². The Kier molecular flexibility index (Phi) is 4.62. The first-order valence-corrected chi connectivity index (χ1v) is 8.80. The summed E-state index contributed by atoms with van der Waals surface area (Å²) < 4.78 is 27.5. The molecule has 3 N–H and O–H groups in total. The van der Waals surface area contributed by atoms with Crippen LogP contribution in [0.3, 0.4) is 0 Å². The van der Waals surface area contributed by atoms with E-state index in [-0.39, 0.29) is 21.0 Å². The Balaban J connectivity index is 2.20. The summed E-state index contributed by atoms with van der Waals surface area (Å²) in [6.45, 7) is 2.57. The summed E-state index contributed by atoms with van der Waals surface area (Å²) in [5.74, 6) is 0. The first-order valence-electron chi connectivity index (χ1n) is 6.94. The number of nitrogens with one attached hydrogen (secondary N) is 1. The molecule has 0 radical (unpaired) electrons. The second-order valence-electron chi connectivity index (χ2n) is 5.54. The van der Waals surface area contributed by atoms with Gasteiger partial charge >= 0.3 is 0 Å². The van der Waals surface area contributed by atoms with Crippen molar-refractivity contribution in [1.82, 2.24) is 4.72 Å². The van der Waals surface area contributed by atoms with Gasteiger partial charge in [0, 0.05) is 6.54 Å². The molecule has 0 unspecified atom stereocenters. The molecule has 1 saturated carbocycles. The Morgan fingerprint density at radius 1 is 1.35 bits per heavy atom. The van der Waals surface area contributed by atoms with Crippen LogP contribution in [0.25, 0.3) is 0 Å². The van der Waals surface area contributed by atoms with Crippen LogP contribution in [0.5, 0.6) is 0 Å². The minimum atomic E-state index is -3.66. The predicted octanol–water partition coefficient (Wildman–Crippen LogP) is 3.17. The Labute approximate surface area is 125 Å². The van der Waals surface area contributed by atoms with Crippen LogP contribution in [0, 0.1) is 5.41 Å². The molecule has 0 spiro atoms. The van der Waals surface area contributed by atoms with Crippen LogP contribution in [0.1, 0.15) is 39.0 Å². The highest BCUT2D eigenvalue weighted by Gasteiger charge is 2.34. The number of nitrogens with two attached hydrogens (primary N) is 1. The van der Waals surface area contributed by atoms with Gasteiger partial charge in [0.15, 0.2) is 0 Å². The largest absolute Gasteiger partial charge is 0.398 e. The average molecular weight is 317 g/mol. The molecule has 0 atom stereocenters. The standard InChI is InChI=1S/C14H21ClN2O2S/c1-2-14(8-3-4-9-14)10-17-20(18,19)13-11(15)6-5-7-12(13)16/h5-7,17H,2-4,8-10,16H2,1H3. The van der Waals surface area contributed by atoms with Gasteiger partial charge in [-0.15, -0.1) is 0 Å². The van der Waals surface area contributed by atoms with Gasteiger partial charge in [0.2, 0.25) is 10.0 Å². The highest BCUT2D eigenvalue weighted by Crippen LogP contribution is 2.40. The number of hydrogen-bond acceptors (Lipinski definition) is 3. The van der Waals surface area contributed by atoms with Crippen LogP contribution < -0.4 is 10.5 Å². The van der Waals surface area contributed by atoms with E-state index < -0.39 is 10.0 Å². The summed E-state index contributed by atoms with van der Waals surface area (Å²) in [5.41, 5.74) is 6.02. The molecule has 0 amide bonds. The smallest absolute Gasteiger partial charge is 0.244 e. The van der Waals surface area contributed by atoms with Gasteiger partial charge in [0.05, 0.1) is 10.7 Å². The highest BCUT2D eigenvalue weighted by atomic mass is 35.5. The molecule has 1 aromatic carbocycles. The molecule has 0 saturated heterocycles. The van der Waals surface area contributed by atoms with Gasteiger partial charge in [-0.2, -0.15) is 0 Å². The van der Waals surface area contributed by atoms with E-state index in [4.69, 9.17) is 17.3 Å². The van der Waals surface area contributed by atoms with Gasteiger partial charge in [-0.25, -0.2) is 13.1 Å². The summed E-state index contributed by atoms with van der Waals surface area (Å²) in [4.78, 5) is -0.00841. The summed E-state index contributed by atoms with van der Waals surface area (Å²) in [5, 5.41) is 0.162. The Morgan fingerprint density at radius 2 is 2.00 bits per heavy atom. The fraction of sp³-hybridized carbons (Fsp3) is 0.571. The monoisotopic (exact) mass is 316 g/mol. The lowest BCUT2D eigenvalue weighted by atomic mass is 9.84. The van der Waals surface area contributed by atoms with Gasteiger partial charge in [0.25, 0.3) is 0 Å². The zero-order chi connectivity index (χ0) is 14.8. The second kappa shape index (κ2) is 5.92. The van der Waals surface area contributed by atoms with Crippen molar-refractivity contribution in [3.8, 4) is 0 Å². The molecular weight excluding hydrogens is 296 g/mol. The van der Waals surface area contributed by atoms with Crippen molar-refractivity contribution in [2.24, 2.45) is 5.41 Å². The van der Waals surface area contributed by atoms with E-state index in [1.165, 1.54) is 18.9 Å². The maximum atomic E-state index is 12.4. The first-order chi connectivity index (χ1) is 9.40. The van der Waals surface area contributed by atoms with Gasteiger partial charge in [-0.3, -0.25) is 0 Å². The normalized spacial score (nSPS) is 18.3. The Morgan fingerprint density at radius 3 is 2.55 bits per heavy atom. The van der Waals surface area contributed by atoms with Crippen molar-refractivity contribution in [2.75, 3.05) is 12.3 Å². The van der Waals surface area contributed by atoms with Crippen molar-refractivity contribution in [3.05, 3.63) is 23.2 Å². The van der Waals surface area contributed by atoms with E-state index >= 15 is 0 Å². The Bertz CT molecular complexity index is 561. The molecule has 0 bridgehead atoms. The van der Waals surface area contributed by atoms with Crippen LogP contribution in [-0.4, -0.2) is 15.0 Å². The summed E-state index contributed by atoms with van der Waals surface area (Å²) in [7, 11) is -3.66. The zero-order valence-electron chi connectivity index (χ0n) is 11.7. The van der Waals surface area contributed by atoms with Crippen molar-refractivity contribution >= 4 is 27.3 Å². The van der Waals surface area contributed by atoms with Crippen LogP contribution in [0.2, 0.25) is 5.02 Å². The molecule has 4 nitrogen and oxygen atoms in total.